The van der Waals surface area contributed by atoms with Crippen LogP contribution in [0.5, 0.6) is 0 Å². The van der Waals surface area contributed by atoms with Crippen molar-refractivity contribution in [3.63, 3.8) is 0 Å². The van der Waals surface area contributed by atoms with Crippen molar-refractivity contribution < 1.29 is 8.78 Å². The zero-order valence-electron chi connectivity index (χ0n) is 6.01. The maximum atomic E-state index is 12.7. The van der Waals surface area contributed by atoms with Crippen LogP contribution in [0.25, 0.3) is 0 Å². The fourth-order valence-corrected chi connectivity index (χ4v) is 0.776. The van der Waals surface area contributed by atoms with E-state index in [1.54, 1.807) is 6.92 Å². The molecule has 1 aromatic heterocycles. The van der Waals surface area contributed by atoms with E-state index in [1.165, 1.54) is 0 Å². The molecular formula is C7H8F2N2. The Balaban J connectivity index is 3.13. The van der Waals surface area contributed by atoms with E-state index < -0.39 is 17.8 Å². The van der Waals surface area contributed by atoms with Crippen LogP contribution in [0.1, 0.15) is 18.5 Å². The molecule has 1 aromatic rings. The molecule has 0 saturated carbocycles. The lowest BCUT2D eigenvalue weighted by atomic mass is 10.1. The van der Waals surface area contributed by atoms with Crippen LogP contribution in [0.15, 0.2) is 12.3 Å². The molecule has 11 heavy (non-hydrogen) atoms. The predicted molar refractivity (Wildman–Crippen MR) is 36.8 cm³/mol. The van der Waals surface area contributed by atoms with Gasteiger partial charge in [0.1, 0.15) is 5.82 Å². The molecule has 1 rings (SSSR count). The van der Waals surface area contributed by atoms with Crippen LogP contribution in [0.4, 0.5) is 8.78 Å². The van der Waals surface area contributed by atoms with Crippen molar-refractivity contribution in [3.05, 3.63) is 29.6 Å². The van der Waals surface area contributed by atoms with Gasteiger partial charge in [0.25, 0.3) is 0 Å². The van der Waals surface area contributed by atoms with Crippen LogP contribution in [0.2, 0.25) is 0 Å². The molecule has 1 atom stereocenters. The van der Waals surface area contributed by atoms with Crippen molar-refractivity contribution in [1.29, 1.82) is 0 Å². The second kappa shape index (κ2) is 2.92. The minimum atomic E-state index is -0.710. The van der Waals surface area contributed by atoms with Gasteiger partial charge >= 0.3 is 0 Å². The Morgan fingerprint density at radius 2 is 2.18 bits per heavy atom. The summed E-state index contributed by atoms with van der Waals surface area (Å²) in [6.45, 7) is 1.58. The Morgan fingerprint density at radius 1 is 1.55 bits per heavy atom. The molecular weight excluding hydrogens is 150 g/mol. The quantitative estimate of drug-likeness (QED) is 0.627. The van der Waals surface area contributed by atoms with Gasteiger partial charge in [-0.2, -0.15) is 4.39 Å². The highest BCUT2D eigenvalue weighted by Crippen LogP contribution is 2.13. The third-order valence-electron chi connectivity index (χ3n) is 1.34. The van der Waals surface area contributed by atoms with E-state index in [0.29, 0.717) is 0 Å². The predicted octanol–water partition coefficient (Wildman–Crippen LogP) is 1.38. The van der Waals surface area contributed by atoms with Gasteiger partial charge in [0, 0.05) is 17.7 Å². The van der Waals surface area contributed by atoms with E-state index in [1.807, 2.05) is 0 Å². The van der Waals surface area contributed by atoms with Crippen LogP contribution < -0.4 is 5.73 Å². The highest BCUT2D eigenvalue weighted by Gasteiger charge is 2.07. The van der Waals surface area contributed by atoms with Crippen LogP contribution in [-0.4, -0.2) is 4.98 Å². The first kappa shape index (κ1) is 8.07. The molecule has 0 aliphatic rings. The Bertz CT molecular complexity index is 261. The normalized spacial score (nSPS) is 13.1. The summed E-state index contributed by atoms with van der Waals surface area (Å²) in [5, 5.41) is 0. The monoisotopic (exact) mass is 158 g/mol. The third-order valence-corrected chi connectivity index (χ3v) is 1.34. The van der Waals surface area contributed by atoms with Gasteiger partial charge in [0.15, 0.2) is 0 Å². The van der Waals surface area contributed by atoms with Gasteiger partial charge in [-0.3, -0.25) is 0 Å². The van der Waals surface area contributed by atoms with E-state index in [2.05, 4.69) is 4.98 Å². The van der Waals surface area contributed by atoms with E-state index in [-0.39, 0.29) is 5.56 Å². The van der Waals surface area contributed by atoms with Gasteiger partial charge in [0.05, 0.1) is 6.20 Å². The highest BCUT2D eigenvalue weighted by atomic mass is 19.1. The first-order chi connectivity index (χ1) is 5.11. The number of rotatable bonds is 1. The largest absolute Gasteiger partial charge is 0.324 e. The molecule has 0 aromatic carbocycles. The molecule has 1 unspecified atom stereocenters. The number of halogens is 2. The summed E-state index contributed by atoms with van der Waals surface area (Å²) >= 11 is 0. The molecule has 0 bridgehead atoms. The topological polar surface area (TPSA) is 38.9 Å². The van der Waals surface area contributed by atoms with Gasteiger partial charge in [0.2, 0.25) is 5.95 Å². The summed E-state index contributed by atoms with van der Waals surface area (Å²) < 4.78 is 25.1. The van der Waals surface area contributed by atoms with E-state index in [0.717, 1.165) is 12.3 Å². The number of nitrogens with two attached hydrogens (primary N) is 1. The molecule has 4 heteroatoms. The molecule has 60 valence electrons. The standard InChI is InChI=1S/C7H8F2N2/c1-4(10)5-2-7(9)11-3-6(5)8/h2-4H,10H2,1H3. The second-order valence-electron chi connectivity index (χ2n) is 2.32. The van der Waals surface area contributed by atoms with Gasteiger partial charge in [-0.15, -0.1) is 0 Å². The highest BCUT2D eigenvalue weighted by molar-refractivity contribution is 5.16. The first-order valence-corrected chi connectivity index (χ1v) is 3.18. The minimum absolute atomic E-state index is 0.150. The van der Waals surface area contributed by atoms with Crippen molar-refractivity contribution in [2.24, 2.45) is 5.73 Å². The Kier molecular flexibility index (Phi) is 2.14. The maximum absolute atomic E-state index is 12.7. The van der Waals surface area contributed by atoms with Gasteiger partial charge < -0.3 is 5.73 Å². The number of hydrogen-bond acceptors (Lipinski definition) is 2. The number of nitrogens with zero attached hydrogens (tertiary/aromatic N) is 1. The van der Waals surface area contributed by atoms with Crippen LogP contribution in [0.3, 0.4) is 0 Å². The Hall–Kier alpha value is -1.03. The zero-order valence-corrected chi connectivity index (χ0v) is 6.01. The fourth-order valence-electron chi connectivity index (χ4n) is 0.776. The molecule has 0 saturated heterocycles. The van der Waals surface area contributed by atoms with Crippen LogP contribution >= 0.6 is 0 Å². The Labute approximate surface area is 63.1 Å². The van der Waals surface area contributed by atoms with Crippen LogP contribution in [0, 0.1) is 11.8 Å². The average molecular weight is 158 g/mol. The summed E-state index contributed by atoms with van der Waals surface area (Å²) in [7, 11) is 0. The number of pyridine rings is 1. The minimum Gasteiger partial charge on any atom is -0.324 e. The maximum Gasteiger partial charge on any atom is 0.213 e. The number of aromatic nitrogens is 1. The molecule has 2 N–H and O–H groups in total. The van der Waals surface area contributed by atoms with Crippen molar-refractivity contribution in [2.45, 2.75) is 13.0 Å². The lowest BCUT2D eigenvalue weighted by Gasteiger charge is -2.05. The van der Waals surface area contributed by atoms with Gasteiger partial charge in [-0.25, -0.2) is 9.37 Å². The third kappa shape index (κ3) is 1.71. The summed E-state index contributed by atoms with van der Waals surface area (Å²) in [6.07, 6.45) is 0.827. The Morgan fingerprint density at radius 3 is 2.64 bits per heavy atom. The van der Waals surface area contributed by atoms with Gasteiger partial charge in [-0.05, 0) is 6.92 Å². The van der Waals surface area contributed by atoms with Crippen molar-refractivity contribution in [2.75, 3.05) is 0 Å². The van der Waals surface area contributed by atoms with Crippen molar-refractivity contribution in [3.8, 4) is 0 Å². The average Bonchev–Trinajstić information content (AvgIpc) is 1.94. The smallest absolute Gasteiger partial charge is 0.213 e. The lowest BCUT2D eigenvalue weighted by molar-refractivity contribution is 0.540. The lowest BCUT2D eigenvalue weighted by Crippen LogP contribution is -2.08. The first-order valence-electron chi connectivity index (χ1n) is 3.18. The second-order valence-corrected chi connectivity index (χ2v) is 2.32. The molecule has 0 fully saturated rings. The molecule has 0 aliphatic heterocycles. The molecule has 0 spiro atoms. The summed E-state index contributed by atoms with van der Waals surface area (Å²) in [5.74, 6) is -1.28. The SMILES string of the molecule is CC(N)c1cc(F)ncc1F. The van der Waals surface area contributed by atoms with E-state index in [4.69, 9.17) is 5.73 Å². The molecule has 2 nitrogen and oxygen atoms in total. The number of hydrogen-bond donors (Lipinski definition) is 1. The van der Waals surface area contributed by atoms with E-state index in [9.17, 15) is 8.78 Å². The van der Waals surface area contributed by atoms with Gasteiger partial charge in [-0.1, -0.05) is 0 Å². The summed E-state index contributed by atoms with van der Waals surface area (Å²) in [6, 6.07) is 0.493. The molecule has 0 aliphatic carbocycles. The zero-order chi connectivity index (χ0) is 8.43. The molecule has 1 heterocycles. The summed E-state index contributed by atoms with van der Waals surface area (Å²) in [4.78, 5) is 3.12. The van der Waals surface area contributed by atoms with Crippen molar-refractivity contribution in [1.82, 2.24) is 4.98 Å². The summed E-state index contributed by atoms with van der Waals surface area (Å²) in [5.41, 5.74) is 5.50. The molecule has 0 amide bonds. The molecule has 0 radical (unpaired) electrons. The van der Waals surface area contributed by atoms with Crippen molar-refractivity contribution >= 4 is 0 Å². The fraction of sp³-hybridized carbons (Fsp3) is 0.286. The van der Waals surface area contributed by atoms with E-state index >= 15 is 0 Å². The van der Waals surface area contributed by atoms with Crippen LogP contribution in [-0.2, 0) is 0 Å².